The summed E-state index contributed by atoms with van der Waals surface area (Å²) in [5, 5.41) is 9.02. The van der Waals surface area contributed by atoms with Crippen LogP contribution in [0.25, 0.3) is 0 Å². The number of nitrogens with zero attached hydrogens (tertiary/aromatic N) is 2. The van der Waals surface area contributed by atoms with Gasteiger partial charge in [0.2, 0.25) is 5.91 Å². The first kappa shape index (κ1) is 14.9. The van der Waals surface area contributed by atoms with E-state index in [0.717, 1.165) is 12.8 Å². The maximum Gasteiger partial charge on any atom is 0.227 e. The molecule has 1 heterocycles. The molecule has 0 spiro atoms. The minimum absolute atomic E-state index is 0.167. The van der Waals surface area contributed by atoms with Gasteiger partial charge in [0.1, 0.15) is 0 Å². The average Bonchev–Trinajstić information content (AvgIpc) is 2.34. The number of rotatable bonds is 3. The highest BCUT2D eigenvalue weighted by Gasteiger charge is 2.32. The molecule has 0 radical (unpaired) electrons. The van der Waals surface area contributed by atoms with Crippen molar-refractivity contribution >= 4 is 5.91 Å². The van der Waals surface area contributed by atoms with Crippen LogP contribution in [0.3, 0.4) is 0 Å². The molecule has 3 nitrogen and oxygen atoms in total. The summed E-state index contributed by atoms with van der Waals surface area (Å²) in [6, 6.07) is 2.20. The zero-order chi connectivity index (χ0) is 13.8. The van der Waals surface area contributed by atoms with E-state index in [0.29, 0.717) is 19.5 Å². The molecular weight excluding hydrogens is 231 g/mol. The van der Waals surface area contributed by atoms with E-state index in [4.69, 9.17) is 5.26 Å². The minimum Gasteiger partial charge on any atom is -0.342 e. The third-order valence-electron chi connectivity index (χ3n) is 3.62. The summed E-state index contributed by atoms with van der Waals surface area (Å²) >= 11 is 0. The summed E-state index contributed by atoms with van der Waals surface area (Å²) in [6.45, 7) is 6.73. The molecule has 102 valence electrons. The zero-order valence-corrected chi connectivity index (χ0v) is 11.6. The van der Waals surface area contributed by atoms with Crippen molar-refractivity contribution < 1.29 is 9.18 Å². The van der Waals surface area contributed by atoms with E-state index in [-0.39, 0.29) is 23.2 Å². The summed E-state index contributed by atoms with van der Waals surface area (Å²) in [7, 11) is 0. The molecule has 1 fully saturated rings. The fourth-order valence-corrected chi connectivity index (χ4v) is 2.50. The number of halogens is 1. The SMILES string of the molecule is CC(C)(C)C(=O)N1CCC(C(C#N)CCF)CC1. The highest BCUT2D eigenvalue weighted by Crippen LogP contribution is 2.29. The summed E-state index contributed by atoms with van der Waals surface area (Å²) in [5.74, 6) is 0.219. The van der Waals surface area contributed by atoms with Crippen LogP contribution in [0, 0.1) is 28.6 Å². The van der Waals surface area contributed by atoms with Gasteiger partial charge in [0.05, 0.1) is 18.7 Å². The predicted molar refractivity (Wildman–Crippen MR) is 68.5 cm³/mol. The molecule has 0 aromatic rings. The van der Waals surface area contributed by atoms with Gasteiger partial charge in [0.25, 0.3) is 0 Å². The third kappa shape index (κ3) is 3.69. The first-order valence-corrected chi connectivity index (χ1v) is 6.65. The molecular formula is C14H23FN2O. The van der Waals surface area contributed by atoms with E-state index in [1.54, 1.807) is 0 Å². The fraction of sp³-hybridized carbons (Fsp3) is 0.857. The summed E-state index contributed by atoms with van der Waals surface area (Å²) in [4.78, 5) is 14.0. The first-order valence-electron chi connectivity index (χ1n) is 6.65. The predicted octanol–water partition coefficient (Wildman–Crippen LogP) is 2.77. The highest BCUT2D eigenvalue weighted by molar-refractivity contribution is 5.81. The van der Waals surface area contributed by atoms with Crippen LogP contribution in [-0.4, -0.2) is 30.6 Å². The molecule has 0 aromatic carbocycles. The Morgan fingerprint density at radius 3 is 2.39 bits per heavy atom. The lowest BCUT2D eigenvalue weighted by molar-refractivity contribution is -0.141. The largest absolute Gasteiger partial charge is 0.342 e. The molecule has 0 N–H and O–H groups in total. The minimum atomic E-state index is -0.431. The van der Waals surface area contributed by atoms with Gasteiger partial charge in [-0.2, -0.15) is 5.26 Å². The second-order valence-corrected chi connectivity index (χ2v) is 6.09. The number of alkyl halides is 1. The van der Waals surface area contributed by atoms with Crippen molar-refractivity contribution in [1.29, 1.82) is 5.26 Å². The molecule has 1 saturated heterocycles. The Morgan fingerprint density at radius 2 is 2.00 bits per heavy atom. The van der Waals surface area contributed by atoms with Crippen molar-refractivity contribution in [2.24, 2.45) is 17.3 Å². The van der Waals surface area contributed by atoms with Gasteiger partial charge in [0, 0.05) is 18.5 Å². The van der Waals surface area contributed by atoms with Gasteiger partial charge in [0.15, 0.2) is 0 Å². The topological polar surface area (TPSA) is 44.1 Å². The van der Waals surface area contributed by atoms with E-state index in [2.05, 4.69) is 6.07 Å². The molecule has 1 amide bonds. The Bertz CT molecular complexity index is 322. The van der Waals surface area contributed by atoms with Crippen molar-refractivity contribution in [1.82, 2.24) is 4.90 Å². The van der Waals surface area contributed by atoms with Crippen molar-refractivity contribution in [3.8, 4) is 6.07 Å². The molecule has 1 unspecified atom stereocenters. The quantitative estimate of drug-likeness (QED) is 0.777. The monoisotopic (exact) mass is 254 g/mol. The van der Waals surface area contributed by atoms with Gasteiger partial charge in [-0.25, -0.2) is 0 Å². The third-order valence-corrected chi connectivity index (χ3v) is 3.62. The van der Waals surface area contributed by atoms with Gasteiger partial charge in [-0.15, -0.1) is 0 Å². The van der Waals surface area contributed by atoms with E-state index >= 15 is 0 Å². The first-order chi connectivity index (χ1) is 8.40. The van der Waals surface area contributed by atoms with Crippen molar-refractivity contribution in [2.45, 2.75) is 40.0 Å². The molecule has 1 aliphatic heterocycles. The van der Waals surface area contributed by atoms with Crippen molar-refractivity contribution in [2.75, 3.05) is 19.8 Å². The number of hydrogen-bond acceptors (Lipinski definition) is 2. The van der Waals surface area contributed by atoms with Crippen LogP contribution in [-0.2, 0) is 4.79 Å². The number of piperidine rings is 1. The second kappa shape index (κ2) is 6.17. The molecule has 0 aliphatic carbocycles. The average molecular weight is 254 g/mol. The fourth-order valence-electron chi connectivity index (χ4n) is 2.50. The van der Waals surface area contributed by atoms with Gasteiger partial charge in [-0.1, -0.05) is 20.8 Å². The summed E-state index contributed by atoms with van der Waals surface area (Å²) in [6.07, 6.45) is 1.97. The standard InChI is InChI=1S/C14H23FN2O/c1-14(2,3)13(18)17-8-5-11(6-9-17)12(10-16)4-7-15/h11-12H,4-9H2,1-3H3. The maximum absolute atomic E-state index is 12.3. The van der Waals surface area contributed by atoms with Crippen LogP contribution >= 0.6 is 0 Å². The Morgan fingerprint density at radius 1 is 1.44 bits per heavy atom. The molecule has 18 heavy (non-hydrogen) atoms. The van der Waals surface area contributed by atoms with Gasteiger partial charge in [-0.3, -0.25) is 9.18 Å². The van der Waals surface area contributed by atoms with Crippen molar-refractivity contribution in [3.05, 3.63) is 0 Å². The van der Waals surface area contributed by atoms with Crippen LogP contribution in [0.1, 0.15) is 40.0 Å². The Balaban J connectivity index is 2.51. The van der Waals surface area contributed by atoms with Gasteiger partial charge >= 0.3 is 0 Å². The lowest BCUT2D eigenvalue weighted by Gasteiger charge is -2.36. The summed E-state index contributed by atoms with van der Waals surface area (Å²) in [5.41, 5.74) is -0.347. The second-order valence-electron chi connectivity index (χ2n) is 6.09. The van der Waals surface area contributed by atoms with Crippen LogP contribution in [0.15, 0.2) is 0 Å². The van der Waals surface area contributed by atoms with Crippen LogP contribution in [0.4, 0.5) is 4.39 Å². The molecule has 1 rings (SSSR count). The smallest absolute Gasteiger partial charge is 0.227 e. The van der Waals surface area contributed by atoms with E-state index < -0.39 is 6.67 Å². The molecule has 0 saturated carbocycles. The molecule has 0 aromatic heterocycles. The normalized spacial score (nSPS) is 19.4. The van der Waals surface area contributed by atoms with E-state index in [9.17, 15) is 9.18 Å². The van der Waals surface area contributed by atoms with Crippen LogP contribution in [0.5, 0.6) is 0 Å². The molecule has 4 heteroatoms. The van der Waals surface area contributed by atoms with Gasteiger partial charge in [-0.05, 0) is 25.2 Å². The number of carbonyl (C=O) groups excluding carboxylic acids is 1. The number of carbonyl (C=O) groups is 1. The number of likely N-dealkylation sites (tertiary alicyclic amines) is 1. The lowest BCUT2D eigenvalue weighted by Crippen LogP contribution is -2.45. The number of amides is 1. The van der Waals surface area contributed by atoms with Crippen molar-refractivity contribution in [3.63, 3.8) is 0 Å². The number of hydrogen-bond donors (Lipinski definition) is 0. The Labute approximate surface area is 109 Å². The highest BCUT2D eigenvalue weighted by atomic mass is 19.1. The molecule has 1 aliphatic rings. The van der Waals surface area contributed by atoms with E-state index in [1.165, 1.54) is 0 Å². The molecule has 1 atom stereocenters. The Kier molecular flexibility index (Phi) is 5.13. The lowest BCUT2D eigenvalue weighted by atomic mass is 9.82. The molecule has 0 bridgehead atoms. The zero-order valence-electron chi connectivity index (χ0n) is 11.6. The summed E-state index contributed by atoms with van der Waals surface area (Å²) < 4.78 is 12.3. The van der Waals surface area contributed by atoms with Gasteiger partial charge < -0.3 is 4.90 Å². The number of nitriles is 1. The van der Waals surface area contributed by atoms with Crippen LogP contribution < -0.4 is 0 Å². The van der Waals surface area contributed by atoms with E-state index in [1.807, 2.05) is 25.7 Å². The maximum atomic E-state index is 12.3. The van der Waals surface area contributed by atoms with Crippen LogP contribution in [0.2, 0.25) is 0 Å². The Hall–Kier alpha value is -1.11.